The van der Waals surface area contributed by atoms with Gasteiger partial charge in [-0.05, 0) is 60.5 Å². The van der Waals surface area contributed by atoms with Gasteiger partial charge in [-0.15, -0.1) is 0 Å². The van der Waals surface area contributed by atoms with Crippen LogP contribution in [0.3, 0.4) is 0 Å². The minimum absolute atomic E-state index is 0.634. The Kier molecular flexibility index (Phi) is 5.26. The molecule has 0 saturated carbocycles. The van der Waals surface area contributed by atoms with Gasteiger partial charge in [0.05, 0.1) is 0 Å². The van der Waals surface area contributed by atoms with Crippen LogP contribution in [0.2, 0.25) is 15.1 Å². The van der Waals surface area contributed by atoms with Crippen LogP contribution < -0.4 is 0 Å². The third-order valence-corrected chi connectivity index (χ3v) is 6.17. The number of hydrogen-bond donors (Lipinski definition) is 0. The molecule has 2 heterocycles. The molecule has 2 nitrogen and oxygen atoms in total. The van der Waals surface area contributed by atoms with E-state index in [2.05, 4.69) is 35.2 Å². The molecular formula is C22H21Cl3N2. The number of hydrogen-bond acceptors (Lipinski definition) is 1. The number of halogens is 3. The van der Waals surface area contributed by atoms with E-state index in [-0.39, 0.29) is 0 Å². The van der Waals surface area contributed by atoms with Crippen LogP contribution >= 0.6 is 34.8 Å². The molecule has 0 amide bonds. The maximum Gasteiger partial charge on any atom is 0.0496 e. The normalized spacial score (nSPS) is 15.0. The molecule has 0 fully saturated rings. The van der Waals surface area contributed by atoms with E-state index in [9.17, 15) is 0 Å². The van der Waals surface area contributed by atoms with Crippen molar-refractivity contribution in [3.05, 3.63) is 74.9 Å². The van der Waals surface area contributed by atoms with Gasteiger partial charge in [0.15, 0.2) is 0 Å². The zero-order valence-electron chi connectivity index (χ0n) is 15.2. The summed E-state index contributed by atoms with van der Waals surface area (Å²) < 4.78 is 2.38. The van der Waals surface area contributed by atoms with Gasteiger partial charge in [0, 0.05) is 57.7 Å². The summed E-state index contributed by atoms with van der Waals surface area (Å²) in [5.74, 6) is 0. The van der Waals surface area contributed by atoms with Crippen molar-refractivity contribution >= 4 is 51.3 Å². The minimum Gasteiger partial charge on any atom is -0.340 e. The van der Waals surface area contributed by atoms with E-state index in [4.69, 9.17) is 34.8 Å². The molecule has 0 atom stereocenters. The second-order valence-electron chi connectivity index (χ2n) is 7.20. The highest BCUT2D eigenvalue weighted by Gasteiger charge is 2.21. The van der Waals surface area contributed by atoms with Crippen LogP contribution in [0.1, 0.15) is 16.8 Å². The molecule has 0 radical (unpaired) electrons. The smallest absolute Gasteiger partial charge is 0.0496 e. The number of rotatable bonds is 3. The highest BCUT2D eigenvalue weighted by Crippen LogP contribution is 2.34. The van der Waals surface area contributed by atoms with Crippen molar-refractivity contribution in [2.75, 3.05) is 20.1 Å². The maximum absolute atomic E-state index is 6.41. The summed E-state index contributed by atoms with van der Waals surface area (Å²) in [6.07, 6.45) is 2.05. The van der Waals surface area contributed by atoms with Crippen LogP contribution in [0, 0.1) is 0 Å². The number of benzene rings is 2. The Bertz CT molecular complexity index is 1040. The third-order valence-electron chi connectivity index (χ3n) is 5.38. The first-order chi connectivity index (χ1) is 12.9. The average molecular weight is 420 g/mol. The molecule has 1 aliphatic heterocycles. The molecule has 1 aliphatic rings. The molecule has 0 bridgehead atoms. The molecule has 0 unspecified atom stereocenters. The lowest BCUT2D eigenvalue weighted by atomic mass is 10.1. The third kappa shape index (κ3) is 3.64. The lowest BCUT2D eigenvalue weighted by Crippen LogP contribution is -2.21. The Labute approximate surface area is 174 Å². The first-order valence-corrected chi connectivity index (χ1v) is 10.2. The van der Waals surface area contributed by atoms with Gasteiger partial charge in [-0.3, -0.25) is 0 Å². The summed E-state index contributed by atoms with van der Waals surface area (Å²) >= 11 is 18.8. The Morgan fingerprint density at radius 2 is 1.70 bits per heavy atom. The quantitative estimate of drug-likeness (QED) is 0.480. The molecule has 0 spiro atoms. The van der Waals surface area contributed by atoms with Gasteiger partial charge in [0.1, 0.15) is 0 Å². The fourth-order valence-corrected chi connectivity index (χ4v) is 4.67. The van der Waals surface area contributed by atoms with Crippen molar-refractivity contribution in [3.63, 3.8) is 0 Å². The molecule has 4 rings (SSSR count). The van der Waals surface area contributed by atoms with Gasteiger partial charge in [-0.25, -0.2) is 0 Å². The number of likely N-dealkylation sites (N-methyl/N-ethyl adjacent to an activating group) is 1. The predicted molar refractivity (Wildman–Crippen MR) is 117 cm³/mol. The van der Waals surface area contributed by atoms with E-state index in [1.54, 1.807) is 6.07 Å². The summed E-state index contributed by atoms with van der Waals surface area (Å²) in [6.45, 7) is 7.12. The lowest BCUT2D eigenvalue weighted by molar-refractivity contribution is 0.351. The van der Waals surface area contributed by atoms with Crippen LogP contribution in [0.5, 0.6) is 0 Å². The number of allylic oxidation sites excluding steroid dienone is 1. The fourth-order valence-electron chi connectivity index (χ4n) is 3.96. The van der Waals surface area contributed by atoms with Gasteiger partial charge >= 0.3 is 0 Å². The standard InChI is InChI=1S/C22H21Cl3N2/c1-14(17-5-3-16(24)12-20(17)25)13-27-21-6-4-15(23)11-19(21)18-7-9-26(2)10-8-22(18)27/h3-6,11-12H,1,7-10,13H2,2H3. The van der Waals surface area contributed by atoms with E-state index in [1.165, 1.54) is 22.2 Å². The molecule has 140 valence electrons. The summed E-state index contributed by atoms with van der Waals surface area (Å²) in [7, 11) is 2.18. The van der Waals surface area contributed by atoms with E-state index in [0.29, 0.717) is 16.6 Å². The highest BCUT2D eigenvalue weighted by molar-refractivity contribution is 6.35. The van der Waals surface area contributed by atoms with Crippen LogP contribution in [0.25, 0.3) is 16.5 Å². The zero-order chi connectivity index (χ0) is 19.1. The van der Waals surface area contributed by atoms with Gasteiger partial charge in [-0.1, -0.05) is 47.4 Å². The molecule has 27 heavy (non-hydrogen) atoms. The van der Waals surface area contributed by atoms with Crippen molar-refractivity contribution in [1.82, 2.24) is 9.47 Å². The second-order valence-corrected chi connectivity index (χ2v) is 8.48. The zero-order valence-corrected chi connectivity index (χ0v) is 17.5. The van der Waals surface area contributed by atoms with Gasteiger partial charge in [0.2, 0.25) is 0 Å². The molecule has 0 N–H and O–H groups in total. The topological polar surface area (TPSA) is 8.17 Å². The largest absolute Gasteiger partial charge is 0.340 e. The van der Waals surface area contributed by atoms with E-state index in [0.717, 1.165) is 42.1 Å². The molecule has 2 aromatic carbocycles. The van der Waals surface area contributed by atoms with Crippen LogP contribution in [-0.2, 0) is 19.4 Å². The Hall–Kier alpha value is -1.45. The SMILES string of the molecule is C=C(Cn1c2c(c3cc(Cl)ccc31)CCN(C)CC2)c1ccc(Cl)cc1Cl. The van der Waals surface area contributed by atoms with Gasteiger partial charge < -0.3 is 9.47 Å². The van der Waals surface area contributed by atoms with Gasteiger partial charge in [0.25, 0.3) is 0 Å². The maximum atomic E-state index is 6.41. The van der Waals surface area contributed by atoms with Crippen LogP contribution in [0.15, 0.2) is 43.0 Å². The van der Waals surface area contributed by atoms with E-state index < -0.39 is 0 Å². The lowest BCUT2D eigenvalue weighted by Gasteiger charge is -2.16. The van der Waals surface area contributed by atoms with E-state index in [1.807, 2.05) is 18.2 Å². The Morgan fingerprint density at radius 1 is 1.00 bits per heavy atom. The monoisotopic (exact) mass is 418 g/mol. The molecular weight excluding hydrogens is 399 g/mol. The summed E-state index contributed by atoms with van der Waals surface area (Å²) in [5.41, 5.74) is 5.91. The average Bonchev–Trinajstić information content (AvgIpc) is 2.75. The number of fused-ring (bicyclic) bond motifs is 3. The van der Waals surface area contributed by atoms with Crippen LogP contribution in [0.4, 0.5) is 0 Å². The summed E-state index contributed by atoms with van der Waals surface area (Å²) in [4.78, 5) is 2.38. The molecule has 3 aromatic rings. The van der Waals surface area contributed by atoms with Gasteiger partial charge in [-0.2, -0.15) is 0 Å². The molecule has 5 heteroatoms. The van der Waals surface area contributed by atoms with Crippen molar-refractivity contribution < 1.29 is 0 Å². The Morgan fingerprint density at radius 3 is 2.48 bits per heavy atom. The van der Waals surface area contributed by atoms with Crippen LogP contribution in [-0.4, -0.2) is 29.6 Å². The number of aromatic nitrogens is 1. The summed E-state index contributed by atoms with van der Waals surface area (Å²) in [6, 6.07) is 11.7. The predicted octanol–water partition coefficient (Wildman–Crippen LogP) is 6.35. The van der Waals surface area contributed by atoms with Crippen molar-refractivity contribution in [3.8, 4) is 0 Å². The fraction of sp³-hybridized carbons (Fsp3) is 0.273. The minimum atomic E-state index is 0.634. The highest BCUT2D eigenvalue weighted by atomic mass is 35.5. The first kappa shape index (κ1) is 18.9. The first-order valence-electron chi connectivity index (χ1n) is 9.05. The molecule has 0 saturated heterocycles. The van der Waals surface area contributed by atoms with Crippen molar-refractivity contribution in [2.45, 2.75) is 19.4 Å². The van der Waals surface area contributed by atoms with Crippen molar-refractivity contribution in [2.24, 2.45) is 0 Å². The Balaban J connectivity index is 1.80. The number of nitrogens with zero attached hydrogens (tertiary/aromatic N) is 2. The summed E-state index contributed by atoms with van der Waals surface area (Å²) in [5, 5.41) is 3.30. The van der Waals surface area contributed by atoms with E-state index >= 15 is 0 Å². The molecule has 0 aliphatic carbocycles. The van der Waals surface area contributed by atoms with Crippen molar-refractivity contribution in [1.29, 1.82) is 0 Å². The second kappa shape index (κ2) is 7.52. The molecule has 1 aromatic heterocycles.